The first-order valence-corrected chi connectivity index (χ1v) is 8.41. The Morgan fingerprint density at radius 3 is 2.35 bits per heavy atom. The number of nitrogens with zero attached hydrogens (tertiary/aromatic N) is 2. The zero-order chi connectivity index (χ0) is 17.0. The predicted molar refractivity (Wildman–Crippen MR) is 86.0 cm³/mol. The summed E-state index contributed by atoms with van der Waals surface area (Å²) in [5.74, 6) is 0.278. The van der Waals surface area contributed by atoms with Crippen LogP contribution in [0.4, 0.5) is 4.79 Å². The summed E-state index contributed by atoms with van der Waals surface area (Å²) in [5.41, 5.74) is -0.505. The van der Waals surface area contributed by atoms with Gasteiger partial charge >= 0.3 is 6.09 Å². The minimum Gasteiger partial charge on any atom is -0.444 e. The standard InChI is InChI=1S/C16H29N3O4/c1-16(2,3)23-15(22)19-8-6-18(7-9-19)14(21)13-10-12(11-20)4-5-17-13/h12-13,17,20H,4-11H2,1-3H3. The molecule has 2 amide bonds. The van der Waals surface area contributed by atoms with Crippen molar-refractivity contribution in [2.24, 2.45) is 5.92 Å². The first-order valence-electron chi connectivity index (χ1n) is 8.41. The fraction of sp³-hybridized carbons (Fsp3) is 0.875. The van der Waals surface area contributed by atoms with Crippen molar-refractivity contribution < 1.29 is 19.4 Å². The van der Waals surface area contributed by atoms with Gasteiger partial charge in [0.25, 0.3) is 0 Å². The quantitative estimate of drug-likeness (QED) is 0.768. The Morgan fingerprint density at radius 2 is 1.78 bits per heavy atom. The number of amides is 2. The van der Waals surface area contributed by atoms with Crippen molar-refractivity contribution in [1.82, 2.24) is 15.1 Å². The van der Waals surface area contributed by atoms with Crippen LogP contribution in [-0.2, 0) is 9.53 Å². The van der Waals surface area contributed by atoms with Gasteiger partial charge in [-0.25, -0.2) is 4.79 Å². The van der Waals surface area contributed by atoms with E-state index < -0.39 is 5.60 Å². The van der Waals surface area contributed by atoms with Crippen molar-refractivity contribution >= 4 is 12.0 Å². The molecule has 2 aliphatic heterocycles. The van der Waals surface area contributed by atoms with E-state index in [1.165, 1.54) is 0 Å². The molecule has 0 aromatic rings. The SMILES string of the molecule is CC(C)(C)OC(=O)N1CCN(C(=O)C2CC(CO)CCN2)CC1. The molecule has 2 N–H and O–H groups in total. The van der Waals surface area contributed by atoms with Crippen LogP contribution in [0.25, 0.3) is 0 Å². The molecule has 2 unspecified atom stereocenters. The number of carbonyl (C=O) groups is 2. The molecule has 2 rings (SSSR count). The van der Waals surface area contributed by atoms with Gasteiger partial charge in [-0.15, -0.1) is 0 Å². The van der Waals surface area contributed by atoms with Crippen LogP contribution in [0.2, 0.25) is 0 Å². The van der Waals surface area contributed by atoms with Crippen molar-refractivity contribution in [3.05, 3.63) is 0 Å². The Kier molecular flexibility index (Phi) is 5.86. The Labute approximate surface area is 138 Å². The van der Waals surface area contributed by atoms with Crippen molar-refractivity contribution in [3.63, 3.8) is 0 Å². The second-order valence-corrected chi connectivity index (χ2v) is 7.37. The third-order valence-corrected chi connectivity index (χ3v) is 4.31. The maximum Gasteiger partial charge on any atom is 0.410 e. The lowest BCUT2D eigenvalue weighted by Gasteiger charge is -2.38. The lowest BCUT2D eigenvalue weighted by atomic mass is 9.92. The van der Waals surface area contributed by atoms with Crippen molar-refractivity contribution in [2.75, 3.05) is 39.3 Å². The molecule has 0 bridgehead atoms. The summed E-state index contributed by atoms with van der Waals surface area (Å²) < 4.78 is 5.36. The number of aliphatic hydroxyl groups excluding tert-OH is 1. The summed E-state index contributed by atoms with van der Waals surface area (Å²) in [6, 6.07) is -0.214. The molecule has 2 aliphatic rings. The zero-order valence-corrected chi connectivity index (χ0v) is 14.4. The average Bonchev–Trinajstić information content (AvgIpc) is 2.53. The topological polar surface area (TPSA) is 82.1 Å². The number of hydrogen-bond acceptors (Lipinski definition) is 5. The first-order chi connectivity index (χ1) is 10.8. The molecule has 23 heavy (non-hydrogen) atoms. The number of rotatable bonds is 2. The highest BCUT2D eigenvalue weighted by Gasteiger charge is 2.33. The Bertz CT molecular complexity index is 428. The lowest BCUT2D eigenvalue weighted by molar-refractivity contribution is -0.136. The van der Waals surface area contributed by atoms with E-state index in [1.54, 1.807) is 9.80 Å². The van der Waals surface area contributed by atoms with Crippen LogP contribution in [0.15, 0.2) is 0 Å². The van der Waals surface area contributed by atoms with Gasteiger partial charge < -0.3 is 25.0 Å². The molecular weight excluding hydrogens is 298 g/mol. The van der Waals surface area contributed by atoms with E-state index in [0.29, 0.717) is 32.6 Å². The van der Waals surface area contributed by atoms with Gasteiger partial charge in [-0.3, -0.25) is 4.79 Å². The third kappa shape index (κ3) is 5.07. The molecule has 7 heteroatoms. The van der Waals surface area contributed by atoms with Gasteiger partial charge in [-0.05, 0) is 46.1 Å². The smallest absolute Gasteiger partial charge is 0.410 e. The summed E-state index contributed by atoms with van der Waals surface area (Å²) in [6.45, 7) is 8.48. The summed E-state index contributed by atoms with van der Waals surface area (Å²) >= 11 is 0. The van der Waals surface area contributed by atoms with Gasteiger partial charge in [0.1, 0.15) is 5.60 Å². The highest BCUT2D eigenvalue weighted by atomic mass is 16.6. The molecule has 2 atom stereocenters. The average molecular weight is 327 g/mol. The van der Waals surface area contributed by atoms with Crippen LogP contribution in [0.5, 0.6) is 0 Å². The van der Waals surface area contributed by atoms with Gasteiger partial charge in [0, 0.05) is 32.8 Å². The van der Waals surface area contributed by atoms with Gasteiger partial charge in [-0.2, -0.15) is 0 Å². The maximum atomic E-state index is 12.6. The molecule has 2 fully saturated rings. The highest BCUT2D eigenvalue weighted by Crippen LogP contribution is 2.18. The minimum absolute atomic E-state index is 0.0759. The lowest BCUT2D eigenvalue weighted by Crippen LogP contribution is -2.57. The highest BCUT2D eigenvalue weighted by molar-refractivity contribution is 5.82. The second kappa shape index (κ2) is 7.49. The van der Waals surface area contributed by atoms with E-state index in [1.807, 2.05) is 20.8 Å². The van der Waals surface area contributed by atoms with Crippen LogP contribution in [-0.4, -0.2) is 77.9 Å². The molecule has 0 spiro atoms. The summed E-state index contributed by atoms with van der Waals surface area (Å²) in [5, 5.41) is 12.5. The molecule has 0 aliphatic carbocycles. The van der Waals surface area contributed by atoms with E-state index in [0.717, 1.165) is 13.0 Å². The van der Waals surface area contributed by atoms with Crippen molar-refractivity contribution in [3.8, 4) is 0 Å². The predicted octanol–water partition coefficient (Wildman–Crippen LogP) is 0.426. The molecule has 0 aromatic carbocycles. The number of piperidine rings is 1. The fourth-order valence-electron chi connectivity index (χ4n) is 3.01. The van der Waals surface area contributed by atoms with Crippen LogP contribution in [0.3, 0.4) is 0 Å². The van der Waals surface area contributed by atoms with Gasteiger partial charge in [0.05, 0.1) is 6.04 Å². The van der Waals surface area contributed by atoms with E-state index in [9.17, 15) is 14.7 Å². The van der Waals surface area contributed by atoms with E-state index in [4.69, 9.17) is 4.74 Å². The molecule has 2 saturated heterocycles. The fourth-order valence-corrected chi connectivity index (χ4v) is 3.01. The molecule has 7 nitrogen and oxygen atoms in total. The molecular formula is C16H29N3O4. The normalized spacial score (nSPS) is 26.1. The van der Waals surface area contributed by atoms with Gasteiger partial charge in [-0.1, -0.05) is 0 Å². The van der Waals surface area contributed by atoms with E-state index in [2.05, 4.69) is 5.32 Å². The number of carbonyl (C=O) groups excluding carboxylic acids is 2. The third-order valence-electron chi connectivity index (χ3n) is 4.31. The number of piperazine rings is 1. The number of aliphatic hydroxyl groups is 1. The number of nitrogens with one attached hydrogen (secondary N) is 1. The summed E-state index contributed by atoms with van der Waals surface area (Å²) in [7, 11) is 0. The van der Waals surface area contributed by atoms with Crippen LogP contribution in [0, 0.1) is 5.92 Å². The molecule has 0 saturated carbocycles. The van der Waals surface area contributed by atoms with Crippen molar-refractivity contribution in [1.29, 1.82) is 0 Å². The maximum absolute atomic E-state index is 12.6. The Hall–Kier alpha value is -1.34. The van der Waals surface area contributed by atoms with E-state index >= 15 is 0 Å². The largest absolute Gasteiger partial charge is 0.444 e. The first kappa shape index (κ1) is 18.0. The molecule has 0 aromatic heterocycles. The summed E-state index contributed by atoms with van der Waals surface area (Å²) in [4.78, 5) is 28.1. The van der Waals surface area contributed by atoms with Crippen LogP contribution in [0.1, 0.15) is 33.6 Å². The molecule has 132 valence electrons. The van der Waals surface area contributed by atoms with Crippen molar-refractivity contribution in [2.45, 2.75) is 45.3 Å². The minimum atomic E-state index is -0.505. The van der Waals surface area contributed by atoms with Gasteiger partial charge in [0.15, 0.2) is 0 Å². The molecule has 0 radical (unpaired) electrons. The second-order valence-electron chi connectivity index (χ2n) is 7.37. The number of hydrogen-bond donors (Lipinski definition) is 2. The number of ether oxygens (including phenoxy) is 1. The Morgan fingerprint density at radius 1 is 1.17 bits per heavy atom. The monoisotopic (exact) mass is 327 g/mol. The zero-order valence-electron chi connectivity index (χ0n) is 14.4. The molecule has 2 heterocycles. The van der Waals surface area contributed by atoms with Gasteiger partial charge in [0.2, 0.25) is 5.91 Å². The van der Waals surface area contributed by atoms with E-state index in [-0.39, 0.29) is 30.6 Å². The van der Waals surface area contributed by atoms with Crippen LogP contribution >= 0.6 is 0 Å². The Balaban J connectivity index is 1.82. The van der Waals surface area contributed by atoms with Crippen LogP contribution < -0.4 is 5.32 Å². The summed E-state index contributed by atoms with van der Waals surface area (Å²) in [6.07, 6.45) is 1.27.